The number of likely N-dealkylation sites (tertiary alicyclic amines) is 1. The minimum Gasteiger partial charge on any atom is -0.380 e. The second kappa shape index (κ2) is 5.54. The molecule has 0 aliphatic carbocycles. The lowest BCUT2D eigenvalue weighted by Crippen LogP contribution is -2.67. The molecule has 4 heterocycles. The van der Waals surface area contributed by atoms with Crippen LogP contribution in [-0.2, 0) is 11.3 Å². The lowest BCUT2D eigenvalue weighted by atomic mass is 9.77. The van der Waals surface area contributed by atoms with E-state index >= 15 is 0 Å². The number of ether oxygens (including phenoxy) is 1. The molecule has 0 saturated carbocycles. The Kier molecular flexibility index (Phi) is 3.40. The average Bonchev–Trinajstić information content (AvgIpc) is 2.89. The summed E-state index contributed by atoms with van der Waals surface area (Å²) >= 11 is 0. The van der Waals surface area contributed by atoms with Crippen LogP contribution >= 0.6 is 0 Å². The van der Waals surface area contributed by atoms with Gasteiger partial charge in [0.1, 0.15) is 0 Å². The summed E-state index contributed by atoms with van der Waals surface area (Å²) in [4.78, 5) is 29.3. The fraction of sp³-hybridized carbons (Fsp3) is 0.579. The molecule has 1 N–H and O–H groups in total. The molecule has 3 fully saturated rings. The van der Waals surface area contributed by atoms with Crippen LogP contribution < -0.4 is 5.32 Å². The number of hydrogen-bond acceptors (Lipinski definition) is 4. The van der Waals surface area contributed by atoms with Crippen LogP contribution in [0.2, 0.25) is 0 Å². The zero-order valence-electron chi connectivity index (χ0n) is 14.3. The molecule has 0 aromatic heterocycles. The molecule has 1 atom stereocenters. The quantitative estimate of drug-likeness (QED) is 0.867. The maximum Gasteiger partial charge on any atom is 0.254 e. The van der Waals surface area contributed by atoms with Crippen LogP contribution in [0.3, 0.4) is 0 Å². The second-order valence-corrected chi connectivity index (χ2v) is 7.96. The molecule has 4 aliphatic rings. The van der Waals surface area contributed by atoms with E-state index in [-0.39, 0.29) is 23.3 Å². The van der Waals surface area contributed by atoms with E-state index in [1.54, 1.807) is 0 Å². The molecule has 0 radical (unpaired) electrons. The van der Waals surface area contributed by atoms with Crippen molar-refractivity contribution in [3.05, 3.63) is 34.9 Å². The van der Waals surface area contributed by atoms with E-state index in [0.29, 0.717) is 12.1 Å². The van der Waals surface area contributed by atoms with Crippen LogP contribution in [-0.4, -0.2) is 67.0 Å². The molecule has 6 nitrogen and oxygen atoms in total. The number of hydrogen-bond donors (Lipinski definition) is 1. The molecule has 5 rings (SSSR count). The lowest BCUT2D eigenvalue weighted by Gasteiger charge is -2.54. The maximum atomic E-state index is 12.7. The highest BCUT2D eigenvalue weighted by Crippen LogP contribution is 2.38. The Labute approximate surface area is 147 Å². The van der Waals surface area contributed by atoms with Crippen molar-refractivity contribution in [2.24, 2.45) is 5.41 Å². The Morgan fingerprint density at radius 1 is 1.28 bits per heavy atom. The van der Waals surface area contributed by atoms with Crippen LogP contribution in [0.25, 0.3) is 0 Å². The van der Waals surface area contributed by atoms with Gasteiger partial charge >= 0.3 is 0 Å². The average molecular weight is 341 g/mol. The van der Waals surface area contributed by atoms with E-state index in [2.05, 4.69) is 5.32 Å². The Bertz CT molecular complexity index is 729. The summed E-state index contributed by atoms with van der Waals surface area (Å²) in [5.74, 6) is 0.183. The van der Waals surface area contributed by atoms with Crippen LogP contribution in [0.15, 0.2) is 18.2 Å². The van der Waals surface area contributed by atoms with E-state index in [1.807, 2.05) is 28.0 Å². The molecule has 3 saturated heterocycles. The highest BCUT2D eigenvalue weighted by molar-refractivity contribution is 6.01. The molecule has 132 valence electrons. The third-order valence-electron chi connectivity index (χ3n) is 6.05. The minimum atomic E-state index is 0.0746. The summed E-state index contributed by atoms with van der Waals surface area (Å²) in [5.41, 5.74) is 2.68. The van der Waals surface area contributed by atoms with Crippen molar-refractivity contribution in [2.75, 3.05) is 39.4 Å². The summed E-state index contributed by atoms with van der Waals surface area (Å²) < 4.78 is 5.27. The van der Waals surface area contributed by atoms with Gasteiger partial charge in [-0.15, -0.1) is 0 Å². The third kappa shape index (κ3) is 2.39. The summed E-state index contributed by atoms with van der Waals surface area (Å²) in [6.07, 6.45) is 2.16. The van der Waals surface area contributed by atoms with Crippen LogP contribution in [0.5, 0.6) is 0 Å². The van der Waals surface area contributed by atoms with E-state index in [0.717, 1.165) is 63.4 Å². The summed E-state index contributed by atoms with van der Waals surface area (Å²) in [6, 6.07) is 5.84. The molecule has 1 spiro atoms. The van der Waals surface area contributed by atoms with Crippen LogP contribution in [0.1, 0.15) is 39.1 Å². The van der Waals surface area contributed by atoms with Crippen molar-refractivity contribution in [3.8, 4) is 0 Å². The van der Waals surface area contributed by atoms with Gasteiger partial charge in [-0.3, -0.25) is 9.59 Å². The van der Waals surface area contributed by atoms with Gasteiger partial charge < -0.3 is 19.9 Å². The van der Waals surface area contributed by atoms with Gasteiger partial charge in [-0.1, -0.05) is 0 Å². The van der Waals surface area contributed by atoms with Crippen LogP contribution in [0, 0.1) is 5.41 Å². The van der Waals surface area contributed by atoms with Crippen molar-refractivity contribution in [1.29, 1.82) is 0 Å². The number of amides is 2. The summed E-state index contributed by atoms with van der Waals surface area (Å²) in [7, 11) is 0. The third-order valence-corrected chi connectivity index (χ3v) is 6.05. The van der Waals surface area contributed by atoms with Crippen molar-refractivity contribution in [2.45, 2.75) is 25.4 Å². The van der Waals surface area contributed by atoms with Gasteiger partial charge in [0.25, 0.3) is 11.8 Å². The van der Waals surface area contributed by atoms with Crippen molar-refractivity contribution < 1.29 is 14.3 Å². The SMILES string of the molecule is O=C(c1ccc2c(c1)CN(C1CCCNC1)C2=O)N1CC2(COC2)C1. The van der Waals surface area contributed by atoms with Crippen LogP contribution in [0.4, 0.5) is 0 Å². The Hall–Kier alpha value is -1.92. The van der Waals surface area contributed by atoms with Gasteiger partial charge in [0, 0.05) is 43.3 Å². The highest BCUT2D eigenvalue weighted by atomic mass is 16.5. The maximum absolute atomic E-state index is 12.7. The highest BCUT2D eigenvalue weighted by Gasteiger charge is 2.50. The Morgan fingerprint density at radius 2 is 2.12 bits per heavy atom. The fourth-order valence-electron chi connectivity index (χ4n) is 4.53. The number of carbonyl (C=O) groups excluding carboxylic acids is 2. The van der Waals surface area contributed by atoms with Gasteiger partial charge in [-0.05, 0) is 43.1 Å². The van der Waals surface area contributed by atoms with Gasteiger partial charge in [-0.25, -0.2) is 0 Å². The number of carbonyl (C=O) groups is 2. The number of piperidine rings is 1. The molecule has 0 bridgehead atoms. The fourth-order valence-corrected chi connectivity index (χ4v) is 4.53. The largest absolute Gasteiger partial charge is 0.380 e. The topological polar surface area (TPSA) is 61.9 Å². The first-order valence-electron chi connectivity index (χ1n) is 9.17. The van der Waals surface area contributed by atoms with E-state index in [9.17, 15) is 9.59 Å². The zero-order chi connectivity index (χ0) is 17.0. The predicted octanol–water partition coefficient (Wildman–Crippen LogP) is 0.867. The smallest absolute Gasteiger partial charge is 0.254 e. The van der Waals surface area contributed by atoms with Crippen molar-refractivity contribution in [1.82, 2.24) is 15.1 Å². The molecule has 2 amide bonds. The molecule has 6 heteroatoms. The standard InChI is InChI=1S/C19H23N3O3/c23-17(21-9-19(10-21)11-25-12-19)13-3-4-16-14(6-13)8-22(18(16)24)15-2-1-5-20-7-15/h3-4,6,15,20H,1-2,5,7-12H2. The van der Waals surface area contributed by atoms with Gasteiger partial charge in [0.15, 0.2) is 0 Å². The van der Waals surface area contributed by atoms with E-state index in [1.165, 1.54) is 0 Å². The molecular weight excluding hydrogens is 318 g/mol. The van der Waals surface area contributed by atoms with Gasteiger partial charge in [0.2, 0.25) is 0 Å². The van der Waals surface area contributed by atoms with E-state index in [4.69, 9.17) is 4.74 Å². The number of nitrogens with zero attached hydrogens (tertiary/aromatic N) is 2. The first-order valence-corrected chi connectivity index (χ1v) is 9.17. The summed E-state index contributed by atoms with van der Waals surface area (Å²) in [5, 5.41) is 3.37. The predicted molar refractivity (Wildman–Crippen MR) is 91.4 cm³/mol. The van der Waals surface area contributed by atoms with Gasteiger partial charge in [0.05, 0.1) is 18.6 Å². The minimum absolute atomic E-state index is 0.0746. The summed E-state index contributed by atoms with van der Waals surface area (Å²) in [6.45, 7) is 5.67. The lowest BCUT2D eigenvalue weighted by molar-refractivity contribution is -0.176. The monoisotopic (exact) mass is 341 g/mol. The molecule has 4 aliphatic heterocycles. The first-order chi connectivity index (χ1) is 12.2. The Balaban J connectivity index is 1.31. The normalized spacial score (nSPS) is 27.0. The zero-order valence-corrected chi connectivity index (χ0v) is 14.3. The van der Waals surface area contributed by atoms with E-state index < -0.39 is 0 Å². The number of benzene rings is 1. The number of fused-ring (bicyclic) bond motifs is 1. The molecule has 25 heavy (non-hydrogen) atoms. The molecular formula is C19H23N3O3. The Morgan fingerprint density at radius 3 is 2.80 bits per heavy atom. The second-order valence-electron chi connectivity index (χ2n) is 7.96. The molecule has 1 unspecified atom stereocenters. The molecule has 1 aromatic carbocycles. The molecule has 1 aromatic rings. The van der Waals surface area contributed by atoms with Gasteiger partial charge in [-0.2, -0.15) is 0 Å². The van der Waals surface area contributed by atoms with Crippen molar-refractivity contribution in [3.63, 3.8) is 0 Å². The van der Waals surface area contributed by atoms with Crippen molar-refractivity contribution >= 4 is 11.8 Å². The number of nitrogens with one attached hydrogen (secondary N) is 1. The first kappa shape index (κ1) is 15.3. The number of rotatable bonds is 2.